The Morgan fingerprint density at radius 1 is 1.48 bits per heavy atom. The van der Waals surface area contributed by atoms with Crippen molar-refractivity contribution >= 4 is 33.1 Å². The highest BCUT2D eigenvalue weighted by Gasteiger charge is 2.14. The molecule has 6 heteroatoms. The number of rotatable bonds is 6. The minimum atomic E-state index is -0.247. The Hall–Kier alpha value is -0.980. The fourth-order valence-corrected chi connectivity index (χ4v) is 3.44. The van der Waals surface area contributed by atoms with Gasteiger partial charge >= 0.3 is 0 Å². The number of hydrogen-bond donors (Lipinski definition) is 1. The monoisotopic (exact) mass is 371 g/mol. The van der Waals surface area contributed by atoms with E-state index in [2.05, 4.69) is 26.2 Å². The van der Waals surface area contributed by atoms with E-state index in [1.165, 1.54) is 0 Å². The first-order chi connectivity index (χ1) is 9.97. The van der Waals surface area contributed by atoms with Crippen molar-refractivity contribution in [2.75, 3.05) is 11.9 Å². The van der Waals surface area contributed by atoms with Crippen LogP contribution in [0.5, 0.6) is 0 Å². The molecule has 0 aliphatic heterocycles. The Kier molecular flexibility index (Phi) is 5.72. The van der Waals surface area contributed by atoms with E-state index in [0.717, 1.165) is 9.35 Å². The molecule has 0 atom stereocenters. The van der Waals surface area contributed by atoms with Crippen LogP contribution in [0.25, 0.3) is 0 Å². The number of halogens is 2. The second-order valence-electron chi connectivity index (χ2n) is 5.23. The third kappa shape index (κ3) is 4.49. The van der Waals surface area contributed by atoms with Gasteiger partial charge in [0.25, 0.3) is 0 Å². The van der Waals surface area contributed by atoms with Crippen molar-refractivity contribution in [1.82, 2.24) is 10.3 Å². The van der Waals surface area contributed by atoms with Gasteiger partial charge in [0.1, 0.15) is 0 Å². The SMILES string of the molecule is CC(C)NCc1ccnc(N(C)Cc2cc(Br)cs2)c1F. The predicted octanol–water partition coefficient (Wildman–Crippen LogP) is 4.18. The normalized spacial score (nSPS) is 11.1. The average Bonchev–Trinajstić information content (AvgIpc) is 2.82. The molecule has 1 N–H and O–H groups in total. The van der Waals surface area contributed by atoms with E-state index < -0.39 is 0 Å². The van der Waals surface area contributed by atoms with Crippen LogP contribution >= 0.6 is 27.3 Å². The largest absolute Gasteiger partial charge is 0.352 e. The van der Waals surface area contributed by atoms with E-state index in [0.29, 0.717) is 30.5 Å². The molecule has 21 heavy (non-hydrogen) atoms. The highest BCUT2D eigenvalue weighted by Crippen LogP contribution is 2.24. The molecule has 0 aliphatic carbocycles. The van der Waals surface area contributed by atoms with Gasteiger partial charge in [0.2, 0.25) is 0 Å². The summed E-state index contributed by atoms with van der Waals surface area (Å²) in [5.74, 6) is 0.145. The summed E-state index contributed by atoms with van der Waals surface area (Å²) < 4.78 is 15.6. The van der Waals surface area contributed by atoms with Crippen molar-refractivity contribution in [1.29, 1.82) is 0 Å². The quantitative estimate of drug-likeness (QED) is 0.825. The van der Waals surface area contributed by atoms with Gasteiger partial charge in [-0.2, -0.15) is 0 Å². The molecule has 0 fully saturated rings. The molecular weight excluding hydrogens is 353 g/mol. The third-order valence-electron chi connectivity index (χ3n) is 3.03. The molecular formula is C15H19BrFN3S. The van der Waals surface area contributed by atoms with Crippen molar-refractivity contribution in [3.8, 4) is 0 Å². The number of thiophene rings is 1. The van der Waals surface area contributed by atoms with Gasteiger partial charge < -0.3 is 10.2 Å². The van der Waals surface area contributed by atoms with Gasteiger partial charge in [-0.3, -0.25) is 0 Å². The number of nitrogens with zero attached hydrogens (tertiary/aromatic N) is 2. The van der Waals surface area contributed by atoms with Crippen molar-refractivity contribution in [2.45, 2.75) is 33.0 Å². The van der Waals surface area contributed by atoms with E-state index in [4.69, 9.17) is 0 Å². The molecule has 2 heterocycles. The molecule has 0 spiro atoms. The van der Waals surface area contributed by atoms with Crippen molar-refractivity contribution in [3.63, 3.8) is 0 Å². The van der Waals surface area contributed by atoms with Crippen LogP contribution in [-0.4, -0.2) is 18.1 Å². The summed E-state index contributed by atoms with van der Waals surface area (Å²) in [7, 11) is 1.86. The predicted molar refractivity (Wildman–Crippen MR) is 90.3 cm³/mol. The summed E-state index contributed by atoms with van der Waals surface area (Å²) >= 11 is 5.08. The van der Waals surface area contributed by atoms with Crippen LogP contribution in [0, 0.1) is 5.82 Å². The average molecular weight is 372 g/mol. The molecule has 0 saturated heterocycles. The standard InChI is InChI=1S/C15H19BrFN3S/c1-10(2)19-7-11-4-5-18-15(14(11)17)20(3)8-13-6-12(16)9-21-13/h4-6,9-10,19H,7-8H2,1-3H3. The van der Waals surface area contributed by atoms with E-state index in [-0.39, 0.29) is 5.82 Å². The van der Waals surface area contributed by atoms with Gasteiger partial charge in [-0.25, -0.2) is 9.37 Å². The van der Waals surface area contributed by atoms with E-state index in [1.807, 2.05) is 37.2 Å². The smallest absolute Gasteiger partial charge is 0.170 e. The van der Waals surface area contributed by atoms with Gasteiger partial charge in [-0.05, 0) is 28.1 Å². The Labute approximate surface area is 137 Å². The fraction of sp³-hybridized carbons (Fsp3) is 0.400. The zero-order valence-corrected chi connectivity index (χ0v) is 14.8. The lowest BCUT2D eigenvalue weighted by molar-refractivity contribution is 0.548. The van der Waals surface area contributed by atoms with Crippen LogP contribution in [-0.2, 0) is 13.1 Å². The Balaban J connectivity index is 2.13. The highest BCUT2D eigenvalue weighted by atomic mass is 79.9. The Morgan fingerprint density at radius 3 is 2.86 bits per heavy atom. The lowest BCUT2D eigenvalue weighted by Gasteiger charge is -2.19. The number of aromatic nitrogens is 1. The molecule has 114 valence electrons. The summed E-state index contributed by atoms with van der Waals surface area (Å²) in [4.78, 5) is 7.19. The lowest BCUT2D eigenvalue weighted by atomic mass is 10.2. The van der Waals surface area contributed by atoms with Gasteiger partial charge in [0.05, 0.1) is 6.54 Å². The highest BCUT2D eigenvalue weighted by molar-refractivity contribution is 9.10. The molecule has 0 aliphatic rings. The van der Waals surface area contributed by atoms with Crippen molar-refractivity contribution < 1.29 is 4.39 Å². The van der Waals surface area contributed by atoms with Crippen LogP contribution in [0.4, 0.5) is 10.2 Å². The summed E-state index contributed by atoms with van der Waals surface area (Å²) in [6.07, 6.45) is 1.66. The van der Waals surface area contributed by atoms with Crippen LogP contribution in [0.2, 0.25) is 0 Å². The minimum absolute atomic E-state index is 0.247. The summed E-state index contributed by atoms with van der Waals surface area (Å²) in [6, 6.07) is 4.09. The second kappa shape index (κ2) is 7.33. The zero-order valence-electron chi connectivity index (χ0n) is 12.4. The molecule has 2 aromatic heterocycles. The molecule has 0 unspecified atom stereocenters. The van der Waals surface area contributed by atoms with Crippen LogP contribution in [0.3, 0.4) is 0 Å². The minimum Gasteiger partial charge on any atom is -0.352 e. The van der Waals surface area contributed by atoms with E-state index >= 15 is 0 Å². The topological polar surface area (TPSA) is 28.2 Å². The molecule has 3 nitrogen and oxygen atoms in total. The summed E-state index contributed by atoms with van der Waals surface area (Å²) in [5.41, 5.74) is 0.646. The first kappa shape index (κ1) is 16.4. The number of nitrogens with one attached hydrogen (secondary N) is 1. The molecule has 0 radical (unpaired) electrons. The van der Waals surface area contributed by atoms with Crippen LogP contribution in [0.1, 0.15) is 24.3 Å². The summed E-state index contributed by atoms with van der Waals surface area (Å²) in [6.45, 7) is 5.24. The maximum absolute atomic E-state index is 14.5. The van der Waals surface area contributed by atoms with Crippen LogP contribution in [0.15, 0.2) is 28.2 Å². The van der Waals surface area contributed by atoms with Crippen molar-refractivity contribution in [2.24, 2.45) is 0 Å². The van der Waals surface area contributed by atoms with Crippen molar-refractivity contribution in [3.05, 3.63) is 44.4 Å². The molecule has 0 bridgehead atoms. The zero-order chi connectivity index (χ0) is 15.4. The number of pyridine rings is 1. The first-order valence-corrected chi connectivity index (χ1v) is 8.45. The Bertz CT molecular complexity index is 600. The maximum Gasteiger partial charge on any atom is 0.170 e. The lowest BCUT2D eigenvalue weighted by Crippen LogP contribution is -2.24. The molecule has 2 aromatic rings. The van der Waals surface area contributed by atoms with Gasteiger partial charge in [0.15, 0.2) is 11.6 Å². The number of anilines is 1. The molecule has 2 rings (SSSR count). The fourth-order valence-electron chi connectivity index (χ4n) is 1.93. The summed E-state index contributed by atoms with van der Waals surface area (Å²) in [5, 5.41) is 5.26. The van der Waals surface area contributed by atoms with E-state index in [1.54, 1.807) is 23.6 Å². The van der Waals surface area contributed by atoms with Crippen LogP contribution < -0.4 is 10.2 Å². The third-order valence-corrected chi connectivity index (χ3v) is 4.71. The van der Waals surface area contributed by atoms with Gasteiger partial charge in [-0.1, -0.05) is 13.8 Å². The first-order valence-electron chi connectivity index (χ1n) is 6.78. The molecule has 0 amide bonds. The molecule has 0 aromatic carbocycles. The second-order valence-corrected chi connectivity index (χ2v) is 7.14. The van der Waals surface area contributed by atoms with Gasteiger partial charge in [-0.15, -0.1) is 11.3 Å². The van der Waals surface area contributed by atoms with E-state index in [9.17, 15) is 4.39 Å². The Morgan fingerprint density at radius 2 is 2.24 bits per heavy atom. The van der Waals surface area contributed by atoms with Gasteiger partial charge in [0, 0.05) is 46.1 Å². The maximum atomic E-state index is 14.5. The number of hydrogen-bond acceptors (Lipinski definition) is 4. The molecule has 0 saturated carbocycles.